The molecule has 1 atom stereocenters. The van der Waals surface area contributed by atoms with Crippen LogP contribution >= 0.6 is 0 Å². The Labute approximate surface area is 169 Å². The standard InChI is InChI=1S/C25H34O3/c1-16(18-11-12-21(26)22(15-18)28-8)9-10-17-13-19(24(2,3)4)23(27)20(14-17)25(5,6)7/h9-16,26-27H,1-8H3/b10-9+. The Balaban J connectivity index is 2.45. The zero-order valence-corrected chi connectivity index (χ0v) is 18.4. The highest BCUT2D eigenvalue weighted by Crippen LogP contribution is 2.40. The first-order valence-corrected chi connectivity index (χ1v) is 9.77. The van der Waals surface area contributed by atoms with E-state index in [1.807, 2.05) is 12.1 Å². The normalized spacial score (nSPS) is 13.7. The van der Waals surface area contributed by atoms with Gasteiger partial charge in [0.25, 0.3) is 0 Å². The Kier molecular flexibility index (Phi) is 6.18. The number of benzene rings is 2. The summed E-state index contributed by atoms with van der Waals surface area (Å²) >= 11 is 0. The van der Waals surface area contributed by atoms with E-state index in [4.69, 9.17) is 4.74 Å². The van der Waals surface area contributed by atoms with Crippen molar-refractivity contribution >= 4 is 6.08 Å². The van der Waals surface area contributed by atoms with Crippen LogP contribution in [0, 0.1) is 0 Å². The highest BCUT2D eigenvalue weighted by molar-refractivity contribution is 5.60. The van der Waals surface area contributed by atoms with E-state index in [9.17, 15) is 10.2 Å². The van der Waals surface area contributed by atoms with Crippen LogP contribution in [0.15, 0.2) is 36.4 Å². The van der Waals surface area contributed by atoms with Gasteiger partial charge in [-0.3, -0.25) is 0 Å². The molecule has 0 spiro atoms. The van der Waals surface area contributed by atoms with E-state index >= 15 is 0 Å². The van der Waals surface area contributed by atoms with Gasteiger partial charge in [0.2, 0.25) is 0 Å². The van der Waals surface area contributed by atoms with Crippen LogP contribution in [-0.2, 0) is 10.8 Å². The second-order valence-electron chi connectivity index (χ2n) is 9.54. The lowest BCUT2D eigenvalue weighted by molar-refractivity contribution is 0.373. The molecule has 0 aliphatic rings. The zero-order chi connectivity index (χ0) is 21.3. The molecule has 0 amide bonds. The molecule has 2 rings (SSSR count). The Hall–Kier alpha value is -2.42. The van der Waals surface area contributed by atoms with Crippen molar-refractivity contribution in [2.45, 2.75) is 65.2 Å². The summed E-state index contributed by atoms with van der Waals surface area (Å²) in [5.74, 6) is 1.17. The Bertz CT molecular complexity index is 829. The molecule has 3 nitrogen and oxygen atoms in total. The van der Waals surface area contributed by atoms with E-state index < -0.39 is 0 Å². The number of hydrogen-bond donors (Lipinski definition) is 2. The average Bonchev–Trinajstić information content (AvgIpc) is 2.58. The fourth-order valence-electron chi connectivity index (χ4n) is 3.24. The van der Waals surface area contributed by atoms with Gasteiger partial charge in [0.15, 0.2) is 11.5 Å². The largest absolute Gasteiger partial charge is 0.507 e. The molecule has 152 valence electrons. The van der Waals surface area contributed by atoms with E-state index in [0.717, 1.165) is 22.3 Å². The van der Waals surface area contributed by atoms with Crippen LogP contribution in [0.4, 0.5) is 0 Å². The summed E-state index contributed by atoms with van der Waals surface area (Å²) in [6.07, 6.45) is 4.24. The first-order chi connectivity index (χ1) is 12.8. The maximum atomic E-state index is 10.9. The Morgan fingerprint density at radius 3 is 1.89 bits per heavy atom. The highest BCUT2D eigenvalue weighted by Gasteiger charge is 2.26. The number of phenolic OH excluding ortho intramolecular Hbond substituents is 2. The molecule has 1 unspecified atom stereocenters. The molecule has 0 bridgehead atoms. The summed E-state index contributed by atoms with van der Waals surface area (Å²) in [7, 11) is 1.55. The number of aromatic hydroxyl groups is 2. The van der Waals surface area contributed by atoms with Crippen LogP contribution in [0.3, 0.4) is 0 Å². The van der Waals surface area contributed by atoms with Gasteiger partial charge in [-0.2, -0.15) is 0 Å². The van der Waals surface area contributed by atoms with Crippen molar-refractivity contribution in [3.05, 3.63) is 58.7 Å². The predicted octanol–water partition coefficient (Wildman–Crippen LogP) is 6.52. The van der Waals surface area contributed by atoms with Crippen LogP contribution in [0.1, 0.15) is 76.6 Å². The minimum absolute atomic E-state index is 0.144. The predicted molar refractivity (Wildman–Crippen MR) is 118 cm³/mol. The molecule has 3 heteroatoms. The number of hydrogen-bond acceptors (Lipinski definition) is 3. The van der Waals surface area contributed by atoms with E-state index in [0.29, 0.717) is 11.5 Å². The number of rotatable bonds is 4. The van der Waals surface area contributed by atoms with Gasteiger partial charge >= 0.3 is 0 Å². The van der Waals surface area contributed by atoms with Crippen molar-refractivity contribution in [1.82, 2.24) is 0 Å². The third-order valence-corrected chi connectivity index (χ3v) is 5.06. The minimum Gasteiger partial charge on any atom is -0.507 e. The maximum absolute atomic E-state index is 10.9. The fraction of sp³-hybridized carbons (Fsp3) is 0.440. The quantitative estimate of drug-likeness (QED) is 0.633. The SMILES string of the molecule is COc1cc(C(C)/C=C/c2cc(C(C)(C)C)c(O)c(C(C)(C)C)c2)ccc1O. The summed E-state index contributed by atoms with van der Waals surface area (Å²) in [5.41, 5.74) is 3.76. The van der Waals surface area contributed by atoms with Crippen LogP contribution in [-0.4, -0.2) is 17.3 Å². The van der Waals surface area contributed by atoms with Gasteiger partial charge in [0.05, 0.1) is 7.11 Å². The molecule has 0 fully saturated rings. The first-order valence-electron chi connectivity index (χ1n) is 9.77. The lowest BCUT2D eigenvalue weighted by Crippen LogP contribution is -2.17. The van der Waals surface area contributed by atoms with Crippen LogP contribution < -0.4 is 4.74 Å². The third kappa shape index (κ3) is 4.89. The van der Waals surface area contributed by atoms with Crippen molar-refractivity contribution in [3.8, 4) is 17.2 Å². The van der Waals surface area contributed by atoms with Gasteiger partial charge in [0, 0.05) is 11.1 Å². The van der Waals surface area contributed by atoms with Gasteiger partial charge in [-0.25, -0.2) is 0 Å². The summed E-state index contributed by atoms with van der Waals surface area (Å²) in [6.45, 7) is 14.8. The molecule has 0 saturated carbocycles. The van der Waals surface area contributed by atoms with Gasteiger partial charge in [-0.15, -0.1) is 0 Å². The summed E-state index contributed by atoms with van der Waals surface area (Å²) in [4.78, 5) is 0. The minimum atomic E-state index is -0.149. The maximum Gasteiger partial charge on any atom is 0.160 e. The Morgan fingerprint density at radius 2 is 1.43 bits per heavy atom. The monoisotopic (exact) mass is 382 g/mol. The number of ether oxygens (including phenoxy) is 1. The number of allylic oxidation sites excluding steroid dienone is 1. The molecule has 28 heavy (non-hydrogen) atoms. The van der Waals surface area contributed by atoms with Crippen molar-refractivity contribution in [2.24, 2.45) is 0 Å². The van der Waals surface area contributed by atoms with Crippen LogP contribution in [0.25, 0.3) is 6.08 Å². The smallest absolute Gasteiger partial charge is 0.160 e. The molecular formula is C25H34O3. The van der Waals surface area contributed by atoms with Gasteiger partial charge < -0.3 is 14.9 Å². The summed E-state index contributed by atoms with van der Waals surface area (Å²) < 4.78 is 5.22. The number of methoxy groups -OCH3 is 1. The first kappa shape index (κ1) is 21.9. The lowest BCUT2D eigenvalue weighted by atomic mass is 9.78. The van der Waals surface area contributed by atoms with E-state index in [1.165, 1.54) is 0 Å². The van der Waals surface area contributed by atoms with Crippen LogP contribution in [0.5, 0.6) is 17.2 Å². The molecule has 0 saturated heterocycles. The second-order valence-corrected chi connectivity index (χ2v) is 9.54. The molecule has 0 aliphatic carbocycles. The fourth-order valence-corrected chi connectivity index (χ4v) is 3.24. The average molecular weight is 383 g/mol. The number of phenols is 2. The molecule has 2 aromatic carbocycles. The highest BCUT2D eigenvalue weighted by atomic mass is 16.5. The molecule has 0 heterocycles. The molecular weight excluding hydrogens is 348 g/mol. The van der Waals surface area contributed by atoms with Crippen molar-refractivity contribution in [3.63, 3.8) is 0 Å². The summed E-state index contributed by atoms with van der Waals surface area (Å²) in [6, 6.07) is 9.58. The lowest BCUT2D eigenvalue weighted by Gasteiger charge is -2.28. The third-order valence-electron chi connectivity index (χ3n) is 5.06. The Morgan fingerprint density at radius 1 is 0.893 bits per heavy atom. The zero-order valence-electron chi connectivity index (χ0n) is 18.4. The molecule has 2 aromatic rings. The second kappa shape index (κ2) is 7.90. The van der Waals surface area contributed by atoms with E-state index in [-0.39, 0.29) is 22.5 Å². The van der Waals surface area contributed by atoms with Gasteiger partial charge in [-0.1, -0.05) is 66.7 Å². The van der Waals surface area contributed by atoms with Crippen molar-refractivity contribution in [1.29, 1.82) is 0 Å². The van der Waals surface area contributed by atoms with Gasteiger partial charge in [-0.05, 0) is 52.1 Å². The molecule has 0 aliphatic heterocycles. The van der Waals surface area contributed by atoms with E-state index in [2.05, 4.69) is 72.8 Å². The van der Waals surface area contributed by atoms with Crippen LogP contribution in [0.2, 0.25) is 0 Å². The molecule has 2 N–H and O–H groups in total. The van der Waals surface area contributed by atoms with Gasteiger partial charge in [0.1, 0.15) is 5.75 Å². The molecule has 0 radical (unpaired) electrons. The van der Waals surface area contributed by atoms with E-state index in [1.54, 1.807) is 13.2 Å². The molecule has 0 aromatic heterocycles. The topological polar surface area (TPSA) is 49.7 Å². The van der Waals surface area contributed by atoms with Crippen molar-refractivity contribution in [2.75, 3.05) is 7.11 Å². The summed E-state index contributed by atoms with van der Waals surface area (Å²) in [5, 5.41) is 20.7. The van der Waals surface area contributed by atoms with Crippen molar-refractivity contribution < 1.29 is 14.9 Å².